The average Bonchev–Trinajstić information content (AvgIpc) is 3.03. The number of carbonyl (C=O) groups excluding carboxylic acids is 3. The van der Waals surface area contributed by atoms with Gasteiger partial charge in [0, 0.05) is 29.4 Å². The summed E-state index contributed by atoms with van der Waals surface area (Å²) in [4.78, 5) is 38.2. The van der Waals surface area contributed by atoms with Gasteiger partial charge in [0.1, 0.15) is 0 Å². The largest absolute Gasteiger partial charge is 0.455 e. The highest BCUT2D eigenvalue weighted by Gasteiger charge is 2.36. The second kappa shape index (κ2) is 8.44. The molecule has 1 heterocycles. The van der Waals surface area contributed by atoms with Crippen LogP contribution in [0.5, 0.6) is 0 Å². The Morgan fingerprint density at radius 2 is 1.89 bits per heavy atom. The minimum atomic E-state index is -0.587. The predicted octanol–water partition coefficient (Wildman–Crippen LogP) is 3.49. The molecule has 1 fully saturated rings. The quantitative estimate of drug-likeness (QED) is 0.779. The van der Waals surface area contributed by atoms with Crippen LogP contribution >= 0.6 is 11.6 Å². The van der Waals surface area contributed by atoms with E-state index in [1.165, 1.54) is 0 Å². The van der Waals surface area contributed by atoms with Crippen molar-refractivity contribution in [3.63, 3.8) is 0 Å². The molecule has 7 heteroatoms. The molecule has 1 N–H and O–H groups in total. The Hall–Kier alpha value is -2.86. The highest BCUT2D eigenvalue weighted by Crippen LogP contribution is 2.29. The van der Waals surface area contributed by atoms with E-state index in [1.807, 2.05) is 32.0 Å². The molecule has 0 aliphatic carbocycles. The summed E-state index contributed by atoms with van der Waals surface area (Å²) in [5, 5.41) is 3.18. The summed E-state index contributed by atoms with van der Waals surface area (Å²) < 4.78 is 5.11. The molecule has 146 valence electrons. The van der Waals surface area contributed by atoms with Gasteiger partial charge in [0.2, 0.25) is 5.91 Å². The normalized spacial score (nSPS) is 16.2. The molecule has 6 nitrogen and oxygen atoms in total. The first-order chi connectivity index (χ1) is 13.3. The molecule has 0 radical (unpaired) electrons. The van der Waals surface area contributed by atoms with Crippen LogP contribution in [0.3, 0.4) is 0 Å². The molecule has 2 aromatic carbocycles. The van der Waals surface area contributed by atoms with Crippen molar-refractivity contribution in [3.05, 3.63) is 58.6 Å². The Bertz CT molecular complexity index is 911. The third-order valence-corrected chi connectivity index (χ3v) is 4.83. The van der Waals surface area contributed by atoms with Gasteiger partial charge in [-0.05, 0) is 49.7 Å². The van der Waals surface area contributed by atoms with E-state index in [0.717, 1.165) is 16.8 Å². The molecule has 2 aromatic rings. The van der Waals surface area contributed by atoms with Crippen molar-refractivity contribution in [2.24, 2.45) is 5.92 Å². The molecule has 0 aromatic heterocycles. The number of nitrogens with one attached hydrogen (secondary N) is 1. The number of amides is 2. The van der Waals surface area contributed by atoms with Crippen LogP contribution < -0.4 is 10.2 Å². The third-order valence-electron chi connectivity index (χ3n) is 4.57. The first-order valence-corrected chi connectivity index (χ1v) is 9.31. The fourth-order valence-corrected chi connectivity index (χ4v) is 3.32. The molecule has 0 saturated carbocycles. The number of anilines is 2. The van der Waals surface area contributed by atoms with Gasteiger partial charge in [-0.3, -0.25) is 14.4 Å². The molecule has 1 aliphatic heterocycles. The maximum Gasteiger partial charge on any atom is 0.311 e. The number of hydrogen-bond donors (Lipinski definition) is 1. The standard InChI is InChI=1S/C21H21ClN2O4/c1-13-3-8-18(14(2)9-13)24-11-15(10-20(24)26)21(27)28-12-19(25)23-17-6-4-16(22)5-7-17/h3-9,15H,10-12H2,1-2H3,(H,23,25)/t15-/m1/s1. The number of aryl methyl sites for hydroxylation is 2. The summed E-state index contributed by atoms with van der Waals surface area (Å²) in [5.74, 6) is -1.71. The zero-order valence-electron chi connectivity index (χ0n) is 15.7. The number of ether oxygens (including phenoxy) is 1. The van der Waals surface area contributed by atoms with Gasteiger partial charge in [-0.15, -0.1) is 0 Å². The van der Waals surface area contributed by atoms with Gasteiger partial charge in [0.15, 0.2) is 6.61 Å². The summed E-state index contributed by atoms with van der Waals surface area (Å²) in [7, 11) is 0. The van der Waals surface area contributed by atoms with Gasteiger partial charge in [-0.1, -0.05) is 29.3 Å². The predicted molar refractivity (Wildman–Crippen MR) is 107 cm³/mol. The van der Waals surface area contributed by atoms with Gasteiger partial charge in [0.25, 0.3) is 5.91 Å². The van der Waals surface area contributed by atoms with Crippen LogP contribution in [-0.2, 0) is 19.1 Å². The van der Waals surface area contributed by atoms with Crippen molar-refractivity contribution in [2.75, 3.05) is 23.4 Å². The monoisotopic (exact) mass is 400 g/mol. The van der Waals surface area contributed by atoms with E-state index in [4.69, 9.17) is 16.3 Å². The Morgan fingerprint density at radius 3 is 2.57 bits per heavy atom. The van der Waals surface area contributed by atoms with Crippen LogP contribution in [0.2, 0.25) is 5.02 Å². The Labute approximate surface area is 168 Å². The first-order valence-electron chi connectivity index (χ1n) is 8.93. The van der Waals surface area contributed by atoms with Crippen molar-refractivity contribution in [2.45, 2.75) is 20.3 Å². The summed E-state index contributed by atoms with van der Waals surface area (Å²) in [5.41, 5.74) is 3.44. The highest BCUT2D eigenvalue weighted by atomic mass is 35.5. The molecule has 0 spiro atoms. The molecule has 0 unspecified atom stereocenters. The van der Waals surface area contributed by atoms with E-state index in [-0.39, 0.29) is 18.9 Å². The Morgan fingerprint density at radius 1 is 1.18 bits per heavy atom. The molecule has 2 amide bonds. The summed E-state index contributed by atoms with van der Waals surface area (Å²) in [6.45, 7) is 3.76. The minimum absolute atomic E-state index is 0.0744. The molecule has 28 heavy (non-hydrogen) atoms. The summed E-state index contributed by atoms with van der Waals surface area (Å²) in [6.07, 6.45) is 0.0744. The van der Waals surface area contributed by atoms with Gasteiger partial charge >= 0.3 is 5.97 Å². The number of halogens is 1. The fourth-order valence-electron chi connectivity index (χ4n) is 3.19. The van der Waals surface area contributed by atoms with Crippen LogP contribution in [0.15, 0.2) is 42.5 Å². The van der Waals surface area contributed by atoms with Crippen molar-refractivity contribution < 1.29 is 19.1 Å². The van der Waals surface area contributed by atoms with Crippen LogP contribution in [0.25, 0.3) is 0 Å². The van der Waals surface area contributed by atoms with Gasteiger partial charge in [0.05, 0.1) is 5.92 Å². The maximum absolute atomic E-state index is 12.4. The number of nitrogens with zero attached hydrogens (tertiary/aromatic N) is 1. The lowest BCUT2D eigenvalue weighted by Crippen LogP contribution is -2.28. The minimum Gasteiger partial charge on any atom is -0.455 e. The third kappa shape index (κ3) is 4.70. The Kier molecular flexibility index (Phi) is 5.99. The van der Waals surface area contributed by atoms with Crippen LogP contribution in [0.4, 0.5) is 11.4 Å². The Balaban J connectivity index is 1.54. The van der Waals surface area contributed by atoms with Crippen molar-refractivity contribution in [3.8, 4) is 0 Å². The van der Waals surface area contributed by atoms with Crippen LogP contribution in [-0.4, -0.2) is 30.9 Å². The molecular formula is C21H21ClN2O4. The molecule has 3 rings (SSSR count). The summed E-state index contributed by atoms with van der Waals surface area (Å²) >= 11 is 5.80. The zero-order chi connectivity index (χ0) is 20.3. The fraction of sp³-hybridized carbons (Fsp3) is 0.286. The number of rotatable bonds is 5. The van der Waals surface area contributed by atoms with E-state index in [9.17, 15) is 14.4 Å². The molecular weight excluding hydrogens is 380 g/mol. The lowest BCUT2D eigenvalue weighted by molar-refractivity contribution is -0.151. The van der Waals surface area contributed by atoms with E-state index in [0.29, 0.717) is 10.7 Å². The van der Waals surface area contributed by atoms with Crippen LogP contribution in [0, 0.1) is 19.8 Å². The molecule has 1 aliphatic rings. The second-order valence-corrected chi connectivity index (χ2v) is 7.29. The second-order valence-electron chi connectivity index (χ2n) is 6.86. The van der Waals surface area contributed by atoms with Gasteiger partial charge < -0.3 is 15.0 Å². The molecule has 0 bridgehead atoms. The van der Waals surface area contributed by atoms with Gasteiger partial charge in [-0.25, -0.2) is 0 Å². The first kappa shape index (κ1) is 19.9. The SMILES string of the molecule is Cc1ccc(N2C[C@H](C(=O)OCC(=O)Nc3ccc(Cl)cc3)CC2=O)c(C)c1. The number of carbonyl (C=O) groups is 3. The topological polar surface area (TPSA) is 75.7 Å². The van der Waals surface area contributed by atoms with E-state index < -0.39 is 24.4 Å². The number of benzene rings is 2. The van der Waals surface area contributed by atoms with Crippen molar-refractivity contribution >= 4 is 40.8 Å². The summed E-state index contributed by atoms with van der Waals surface area (Å²) in [6, 6.07) is 12.4. The van der Waals surface area contributed by atoms with E-state index >= 15 is 0 Å². The molecule has 1 atom stereocenters. The average molecular weight is 401 g/mol. The highest BCUT2D eigenvalue weighted by molar-refractivity contribution is 6.30. The zero-order valence-corrected chi connectivity index (χ0v) is 16.5. The molecule has 1 saturated heterocycles. The van der Waals surface area contributed by atoms with E-state index in [2.05, 4.69) is 5.32 Å². The number of esters is 1. The smallest absolute Gasteiger partial charge is 0.311 e. The van der Waals surface area contributed by atoms with E-state index in [1.54, 1.807) is 29.2 Å². The van der Waals surface area contributed by atoms with Gasteiger partial charge in [-0.2, -0.15) is 0 Å². The lowest BCUT2D eigenvalue weighted by Gasteiger charge is -2.19. The lowest BCUT2D eigenvalue weighted by atomic mass is 10.1. The van der Waals surface area contributed by atoms with Crippen LogP contribution in [0.1, 0.15) is 17.5 Å². The van der Waals surface area contributed by atoms with Crippen molar-refractivity contribution in [1.29, 1.82) is 0 Å². The van der Waals surface area contributed by atoms with Crippen molar-refractivity contribution in [1.82, 2.24) is 0 Å². The number of hydrogen-bond acceptors (Lipinski definition) is 4. The maximum atomic E-state index is 12.4.